The molecule has 0 bridgehead atoms. The Labute approximate surface area is 96.8 Å². The molecular formula is C14H16S. The summed E-state index contributed by atoms with van der Waals surface area (Å²) in [5.41, 5.74) is 1.07. The molecule has 0 unspecified atom stereocenters. The molecule has 0 saturated heterocycles. The van der Waals surface area contributed by atoms with Crippen LogP contribution in [-0.2, 0) is 0 Å². The lowest BCUT2D eigenvalue weighted by Crippen LogP contribution is -1.72. The van der Waals surface area contributed by atoms with E-state index in [9.17, 15) is 0 Å². The number of rotatable bonds is 4. The highest BCUT2D eigenvalue weighted by atomic mass is 32.2. The minimum Gasteiger partial charge on any atom is -0.133 e. The van der Waals surface area contributed by atoms with Crippen molar-refractivity contribution in [3.05, 3.63) is 47.4 Å². The van der Waals surface area contributed by atoms with Crippen molar-refractivity contribution in [1.82, 2.24) is 0 Å². The molecule has 0 heterocycles. The van der Waals surface area contributed by atoms with E-state index >= 15 is 0 Å². The summed E-state index contributed by atoms with van der Waals surface area (Å²) in [6.07, 6.45) is 4.46. The van der Waals surface area contributed by atoms with Crippen LogP contribution in [0.15, 0.2) is 41.8 Å². The van der Waals surface area contributed by atoms with Gasteiger partial charge in [-0.2, -0.15) is 0 Å². The third kappa shape index (κ3) is 6.04. The summed E-state index contributed by atoms with van der Waals surface area (Å²) in [4.78, 5) is 0. The van der Waals surface area contributed by atoms with Crippen LogP contribution >= 0.6 is 11.8 Å². The molecule has 0 aliphatic rings. The van der Waals surface area contributed by atoms with Gasteiger partial charge in [-0.05, 0) is 35.8 Å². The van der Waals surface area contributed by atoms with Gasteiger partial charge in [0.1, 0.15) is 0 Å². The summed E-state index contributed by atoms with van der Waals surface area (Å²) in [6, 6.07) is 10.0. The summed E-state index contributed by atoms with van der Waals surface area (Å²) >= 11 is 1.83. The molecule has 0 aromatic heterocycles. The molecule has 0 saturated carbocycles. The number of allylic oxidation sites excluding steroid dienone is 1. The van der Waals surface area contributed by atoms with E-state index in [1.807, 2.05) is 48.2 Å². The maximum absolute atomic E-state index is 3.09. The fraction of sp³-hybridized carbons (Fsp3) is 0.286. The number of thioether (sulfide) groups is 1. The molecule has 1 aromatic rings. The van der Waals surface area contributed by atoms with E-state index in [1.54, 1.807) is 0 Å². The minimum atomic E-state index is 1.07. The first kappa shape index (κ1) is 11.9. The van der Waals surface area contributed by atoms with E-state index < -0.39 is 0 Å². The lowest BCUT2D eigenvalue weighted by molar-refractivity contribution is 0.898. The lowest BCUT2D eigenvalue weighted by atomic mass is 10.2. The maximum atomic E-state index is 3.09. The van der Waals surface area contributed by atoms with Crippen molar-refractivity contribution in [3.8, 4) is 11.8 Å². The normalized spacial score (nSPS) is 9.93. The first-order valence-electron chi connectivity index (χ1n) is 5.26. The van der Waals surface area contributed by atoms with Gasteiger partial charge in [-0.25, -0.2) is 0 Å². The van der Waals surface area contributed by atoms with Crippen LogP contribution in [0.2, 0.25) is 0 Å². The van der Waals surface area contributed by atoms with Gasteiger partial charge in [0.15, 0.2) is 0 Å². The molecule has 0 amide bonds. The summed E-state index contributed by atoms with van der Waals surface area (Å²) in [7, 11) is 0. The quantitative estimate of drug-likeness (QED) is 0.539. The molecule has 0 radical (unpaired) electrons. The van der Waals surface area contributed by atoms with Crippen molar-refractivity contribution in [3.63, 3.8) is 0 Å². The highest BCUT2D eigenvalue weighted by Crippen LogP contribution is 2.05. The van der Waals surface area contributed by atoms with E-state index in [4.69, 9.17) is 0 Å². The van der Waals surface area contributed by atoms with Crippen LogP contribution in [-0.4, -0.2) is 5.75 Å². The number of benzene rings is 1. The highest BCUT2D eigenvalue weighted by molar-refractivity contribution is 8.02. The molecular weight excluding hydrogens is 200 g/mol. The van der Waals surface area contributed by atoms with E-state index in [2.05, 4.69) is 24.2 Å². The predicted octanol–water partition coefficient (Wildman–Crippen LogP) is 4.09. The van der Waals surface area contributed by atoms with Gasteiger partial charge in [-0.3, -0.25) is 0 Å². The smallest absolute Gasteiger partial charge is 0.0248 e. The molecule has 0 spiro atoms. The summed E-state index contributed by atoms with van der Waals surface area (Å²) in [5, 5.41) is 2.08. The highest BCUT2D eigenvalue weighted by Gasteiger charge is 1.81. The van der Waals surface area contributed by atoms with Gasteiger partial charge < -0.3 is 0 Å². The number of unbranched alkanes of at least 4 members (excludes halogenated alkanes) is 1. The third-order valence-electron chi connectivity index (χ3n) is 1.85. The Morgan fingerprint density at radius 1 is 1.27 bits per heavy atom. The van der Waals surface area contributed by atoms with E-state index in [0.717, 1.165) is 5.56 Å². The fourth-order valence-electron chi connectivity index (χ4n) is 1.02. The zero-order valence-electron chi connectivity index (χ0n) is 9.07. The van der Waals surface area contributed by atoms with E-state index in [-0.39, 0.29) is 0 Å². The molecule has 78 valence electrons. The van der Waals surface area contributed by atoms with Gasteiger partial charge in [0, 0.05) is 5.56 Å². The van der Waals surface area contributed by atoms with Gasteiger partial charge in [0.05, 0.1) is 0 Å². The zero-order chi connectivity index (χ0) is 10.8. The minimum absolute atomic E-state index is 1.07. The second-order valence-electron chi connectivity index (χ2n) is 3.16. The molecule has 0 atom stereocenters. The van der Waals surface area contributed by atoms with Crippen molar-refractivity contribution in [2.45, 2.75) is 19.8 Å². The van der Waals surface area contributed by atoms with E-state index in [1.165, 1.54) is 18.6 Å². The molecule has 0 aliphatic heterocycles. The Kier molecular flexibility index (Phi) is 6.53. The van der Waals surface area contributed by atoms with Crippen LogP contribution in [0.25, 0.3) is 0 Å². The molecule has 1 rings (SSSR count). The van der Waals surface area contributed by atoms with Crippen LogP contribution < -0.4 is 0 Å². The van der Waals surface area contributed by atoms with Gasteiger partial charge in [0.25, 0.3) is 0 Å². The second kappa shape index (κ2) is 8.20. The second-order valence-corrected chi connectivity index (χ2v) is 4.18. The van der Waals surface area contributed by atoms with Gasteiger partial charge in [0.2, 0.25) is 0 Å². The molecule has 1 aromatic carbocycles. The average molecular weight is 216 g/mol. The SMILES string of the molecule is CCCCS/C=C\C#Cc1ccccc1. The topological polar surface area (TPSA) is 0 Å². The van der Waals surface area contributed by atoms with Crippen LogP contribution in [0.4, 0.5) is 0 Å². The largest absolute Gasteiger partial charge is 0.133 e. The Morgan fingerprint density at radius 3 is 2.80 bits per heavy atom. The Hall–Kier alpha value is -1.13. The first-order valence-corrected chi connectivity index (χ1v) is 6.31. The molecule has 0 fully saturated rings. The Balaban J connectivity index is 2.28. The van der Waals surface area contributed by atoms with Crippen molar-refractivity contribution >= 4 is 11.8 Å². The zero-order valence-corrected chi connectivity index (χ0v) is 9.89. The summed E-state index contributed by atoms with van der Waals surface area (Å²) in [5.74, 6) is 7.31. The maximum Gasteiger partial charge on any atom is 0.0248 e. The average Bonchev–Trinajstić information content (AvgIpc) is 2.29. The number of hydrogen-bond acceptors (Lipinski definition) is 1. The predicted molar refractivity (Wildman–Crippen MR) is 69.8 cm³/mol. The summed E-state index contributed by atoms with van der Waals surface area (Å²) in [6.45, 7) is 2.21. The van der Waals surface area contributed by atoms with Crippen molar-refractivity contribution in [2.75, 3.05) is 5.75 Å². The monoisotopic (exact) mass is 216 g/mol. The summed E-state index contributed by atoms with van der Waals surface area (Å²) < 4.78 is 0. The molecule has 1 heteroatoms. The molecule has 15 heavy (non-hydrogen) atoms. The van der Waals surface area contributed by atoms with Crippen molar-refractivity contribution in [1.29, 1.82) is 0 Å². The van der Waals surface area contributed by atoms with Crippen LogP contribution in [0, 0.1) is 11.8 Å². The fourth-order valence-corrected chi connectivity index (χ4v) is 1.78. The molecule has 0 nitrogen and oxygen atoms in total. The van der Waals surface area contributed by atoms with Crippen molar-refractivity contribution < 1.29 is 0 Å². The third-order valence-corrected chi connectivity index (χ3v) is 2.71. The van der Waals surface area contributed by atoms with Crippen LogP contribution in [0.1, 0.15) is 25.3 Å². The standard InChI is InChI=1S/C14H16S/c1-2-3-12-15-13-8-7-11-14-9-5-4-6-10-14/h4-6,8-10,13H,2-3,12H2,1H3/b13-8-. The Morgan fingerprint density at radius 2 is 2.07 bits per heavy atom. The van der Waals surface area contributed by atoms with Crippen LogP contribution in [0.5, 0.6) is 0 Å². The van der Waals surface area contributed by atoms with Crippen molar-refractivity contribution in [2.24, 2.45) is 0 Å². The van der Waals surface area contributed by atoms with Gasteiger partial charge in [-0.15, -0.1) is 11.8 Å². The Bertz CT molecular complexity index is 341. The van der Waals surface area contributed by atoms with Crippen LogP contribution in [0.3, 0.4) is 0 Å². The molecule has 0 aliphatic carbocycles. The first-order chi connectivity index (χ1) is 7.43. The van der Waals surface area contributed by atoms with E-state index in [0.29, 0.717) is 0 Å². The lowest BCUT2D eigenvalue weighted by Gasteiger charge is -1.89. The number of hydrogen-bond donors (Lipinski definition) is 0. The van der Waals surface area contributed by atoms with Gasteiger partial charge in [-0.1, -0.05) is 43.4 Å². The molecule has 0 N–H and O–H groups in total. The van der Waals surface area contributed by atoms with Gasteiger partial charge >= 0.3 is 0 Å².